The van der Waals surface area contributed by atoms with Crippen LogP contribution < -0.4 is 0 Å². The maximum absolute atomic E-state index is 10.8. The SMILES string of the molecule is C=CC(C)C(C=O)(CC)CC. The molecule has 0 fully saturated rings. The molecule has 0 heterocycles. The summed E-state index contributed by atoms with van der Waals surface area (Å²) in [6.45, 7) is 9.87. The zero-order chi connectivity index (χ0) is 8.91. The van der Waals surface area contributed by atoms with Crippen LogP contribution in [0.2, 0.25) is 0 Å². The molecule has 0 aromatic heterocycles. The van der Waals surface area contributed by atoms with E-state index in [0.29, 0.717) is 0 Å². The van der Waals surface area contributed by atoms with E-state index in [9.17, 15) is 4.79 Å². The summed E-state index contributed by atoms with van der Waals surface area (Å²) < 4.78 is 0. The maximum atomic E-state index is 10.8. The van der Waals surface area contributed by atoms with E-state index in [0.717, 1.165) is 19.1 Å². The minimum atomic E-state index is -0.165. The third kappa shape index (κ3) is 1.92. The summed E-state index contributed by atoms with van der Waals surface area (Å²) in [6.07, 6.45) is 4.75. The average molecular weight is 154 g/mol. The fourth-order valence-electron chi connectivity index (χ4n) is 1.40. The maximum Gasteiger partial charge on any atom is 0.126 e. The predicted molar refractivity (Wildman–Crippen MR) is 48.4 cm³/mol. The summed E-state index contributed by atoms with van der Waals surface area (Å²) in [4.78, 5) is 10.8. The second-order valence-corrected chi connectivity index (χ2v) is 3.08. The molecule has 0 aliphatic rings. The van der Waals surface area contributed by atoms with Crippen molar-refractivity contribution in [3.8, 4) is 0 Å². The summed E-state index contributed by atoms with van der Waals surface area (Å²) in [5, 5.41) is 0. The third-order valence-corrected chi connectivity index (χ3v) is 2.81. The van der Waals surface area contributed by atoms with Crippen molar-refractivity contribution >= 4 is 6.29 Å². The Hall–Kier alpha value is -0.590. The van der Waals surface area contributed by atoms with Crippen LogP contribution in [0.5, 0.6) is 0 Å². The number of hydrogen-bond acceptors (Lipinski definition) is 1. The van der Waals surface area contributed by atoms with Gasteiger partial charge in [0.2, 0.25) is 0 Å². The first-order chi connectivity index (χ1) is 5.16. The zero-order valence-electron chi connectivity index (χ0n) is 7.76. The molecule has 0 rings (SSSR count). The van der Waals surface area contributed by atoms with E-state index in [1.807, 2.05) is 6.08 Å². The Morgan fingerprint density at radius 3 is 2.00 bits per heavy atom. The molecule has 1 heteroatoms. The minimum Gasteiger partial charge on any atom is -0.303 e. The van der Waals surface area contributed by atoms with Crippen molar-refractivity contribution in [1.29, 1.82) is 0 Å². The molecular weight excluding hydrogens is 136 g/mol. The van der Waals surface area contributed by atoms with Gasteiger partial charge < -0.3 is 4.79 Å². The highest BCUT2D eigenvalue weighted by atomic mass is 16.1. The van der Waals surface area contributed by atoms with Gasteiger partial charge in [-0.2, -0.15) is 0 Å². The second kappa shape index (κ2) is 4.32. The molecule has 1 atom stereocenters. The molecule has 0 aliphatic heterocycles. The second-order valence-electron chi connectivity index (χ2n) is 3.08. The van der Waals surface area contributed by atoms with Gasteiger partial charge in [0.25, 0.3) is 0 Å². The highest BCUT2D eigenvalue weighted by Crippen LogP contribution is 2.33. The Morgan fingerprint density at radius 1 is 1.45 bits per heavy atom. The first kappa shape index (κ1) is 10.4. The van der Waals surface area contributed by atoms with Crippen molar-refractivity contribution in [2.24, 2.45) is 11.3 Å². The van der Waals surface area contributed by atoms with Crippen molar-refractivity contribution in [2.75, 3.05) is 0 Å². The van der Waals surface area contributed by atoms with E-state index in [1.165, 1.54) is 0 Å². The number of hydrogen-bond donors (Lipinski definition) is 0. The van der Waals surface area contributed by atoms with E-state index in [1.54, 1.807) is 0 Å². The zero-order valence-corrected chi connectivity index (χ0v) is 7.76. The Kier molecular flexibility index (Phi) is 4.09. The minimum absolute atomic E-state index is 0.165. The monoisotopic (exact) mass is 154 g/mol. The molecule has 0 radical (unpaired) electrons. The lowest BCUT2D eigenvalue weighted by atomic mass is 9.73. The lowest BCUT2D eigenvalue weighted by molar-refractivity contribution is -0.118. The number of carbonyl (C=O) groups is 1. The fraction of sp³-hybridized carbons (Fsp3) is 0.700. The van der Waals surface area contributed by atoms with Gasteiger partial charge in [0.15, 0.2) is 0 Å². The molecule has 0 saturated carbocycles. The third-order valence-electron chi connectivity index (χ3n) is 2.81. The van der Waals surface area contributed by atoms with Gasteiger partial charge in [-0.3, -0.25) is 0 Å². The highest BCUT2D eigenvalue weighted by Gasteiger charge is 2.30. The molecule has 0 bridgehead atoms. The predicted octanol–water partition coefficient (Wildman–Crippen LogP) is 2.81. The molecule has 0 amide bonds. The van der Waals surface area contributed by atoms with Crippen molar-refractivity contribution in [2.45, 2.75) is 33.6 Å². The van der Waals surface area contributed by atoms with Crippen LogP contribution in [0.15, 0.2) is 12.7 Å². The average Bonchev–Trinajstić information content (AvgIpc) is 2.08. The van der Waals surface area contributed by atoms with Gasteiger partial charge in [0, 0.05) is 5.41 Å². The molecule has 0 N–H and O–H groups in total. The van der Waals surface area contributed by atoms with Gasteiger partial charge in [0.1, 0.15) is 6.29 Å². The number of allylic oxidation sites excluding steroid dienone is 1. The van der Waals surface area contributed by atoms with Crippen molar-refractivity contribution in [1.82, 2.24) is 0 Å². The van der Waals surface area contributed by atoms with E-state index < -0.39 is 0 Å². The Labute approximate surface area is 69.5 Å². The largest absolute Gasteiger partial charge is 0.303 e. The van der Waals surface area contributed by atoms with Crippen LogP contribution in [0.4, 0.5) is 0 Å². The molecule has 0 saturated heterocycles. The van der Waals surface area contributed by atoms with Gasteiger partial charge in [-0.25, -0.2) is 0 Å². The van der Waals surface area contributed by atoms with E-state index in [2.05, 4.69) is 27.4 Å². The number of rotatable bonds is 5. The summed E-state index contributed by atoms with van der Waals surface area (Å²) in [5.41, 5.74) is -0.165. The Morgan fingerprint density at radius 2 is 1.91 bits per heavy atom. The van der Waals surface area contributed by atoms with E-state index in [4.69, 9.17) is 0 Å². The smallest absolute Gasteiger partial charge is 0.126 e. The topological polar surface area (TPSA) is 17.1 Å². The van der Waals surface area contributed by atoms with Crippen LogP contribution in [0.3, 0.4) is 0 Å². The summed E-state index contributed by atoms with van der Waals surface area (Å²) >= 11 is 0. The van der Waals surface area contributed by atoms with E-state index in [-0.39, 0.29) is 11.3 Å². The Balaban J connectivity index is 4.51. The molecule has 11 heavy (non-hydrogen) atoms. The number of aldehydes is 1. The molecule has 0 aromatic rings. The normalized spacial score (nSPS) is 14.1. The quantitative estimate of drug-likeness (QED) is 0.439. The Bertz CT molecular complexity index is 134. The highest BCUT2D eigenvalue weighted by molar-refractivity contribution is 5.60. The molecule has 0 aliphatic carbocycles. The van der Waals surface area contributed by atoms with Crippen molar-refractivity contribution in [3.63, 3.8) is 0 Å². The van der Waals surface area contributed by atoms with Crippen molar-refractivity contribution < 1.29 is 4.79 Å². The summed E-state index contributed by atoms with van der Waals surface area (Å²) in [5.74, 6) is 0.287. The van der Waals surface area contributed by atoms with Crippen LogP contribution in [0.25, 0.3) is 0 Å². The van der Waals surface area contributed by atoms with Crippen LogP contribution >= 0.6 is 0 Å². The van der Waals surface area contributed by atoms with E-state index >= 15 is 0 Å². The standard InChI is InChI=1S/C10H18O/c1-5-9(4)10(6-2,7-3)8-11/h5,8-9H,1,6-7H2,2-4H3. The van der Waals surface area contributed by atoms with Gasteiger partial charge in [-0.15, -0.1) is 6.58 Å². The molecule has 0 spiro atoms. The molecule has 1 unspecified atom stereocenters. The first-order valence-corrected chi connectivity index (χ1v) is 4.25. The van der Waals surface area contributed by atoms with Crippen molar-refractivity contribution in [3.05, 3.63) is 12.7 Å². The lowest BCUT2D eigenvalue weighted by Crippen LogP contribution is -2.27. The van der Waals surface area contributed by atoms with Crippen LogP contribution in [-0.4, -0.2) is 6.29 Å². The lowest BCUT2D eigenvalue weighted by Gasteiger charge is -2.29. The van der Waals surface area contributed by atoms with Crippen LogP contribution in [-0.2, 0) is 4.79 Å². The molecule has 1 nitrogen and oxygen atoms in total. The molecule has 64 valence electrons. The van der Waals surface area contributed by atoms with Gasteiger partial charge in [-0.05, 0) is 18.8 Å². The fourth-order valence-corrected chi connectivity index (χ4v) is 1.40. The van der Waals surface area contributed by atoms with Gasteiger partial charge in [0.05, 0.1) is 0 Å². The van der Waals surface area contributed by atoms with Crippen LogP contribution in [0.1, 0.15) is 33.6 Å². The summed E-state index contributed by atoms with van der Waals surface area (Å²) in [6, 6.07) is 0. The van der Waals surface area contributed by atoms with Gasteiger partial charge in [-0.1, -0.05) is 26.8 Å². The molecule has 0 aromatic carbocycles. The summed E-state index contributed by atoms with van der Waals surface area (Å²) in [7, 11) is 0. The first-order valence-electron chi connectivity index (χ1n) is 4.25. The van der Waals surface area contributed by atoms with Gasteiger partial charge >= 0.3 is 0 Å². The van der Waals surface area contributed by atoms with Crippen LogP contribution in [0, 0.1) is 11.3 Å². The number of carbonyl (C=O) groups excluding carboxylic acids is 1. The molecular formula is C10H18O.